The van der Waals surface area contributed by atoms with Gasteiger partial charge in [-0.1, -0.05) is 38.1 Å². The van der Waals surface area contributed by atoms with E-state index < -0.39 is 17.8 Å². The van der Waals surface area contributed by atoms with Crippen LogP contribution in [-0.4, -0.2) is 17.0 Å². The molecule has 0 bridgehead atoms. The van der Waals surface area contributed by atoms with Gasteiger partial charge in [0.15, 0.2) is 0 Å². The molecule has 0 aliphatic rings. The molecule has 2 N–H and O–H groups in total. The van der Waals surface area contributed by atoms with Gasteiger partial charge in [-0.15, -0.1) is 0 Å². The minimum Gasteiger partial charge on any atom is -0.481 e. The molecule has 0 heterocycles. The molecule has 1 rings (SSSR count). The van der Waals surface area contributed by atoms with Crippen LogP contribution in [0.3, 0.4) is 0 Å². The second-order valence-electron chi connectivity index (χ2n) is 4.67. The van der Waals surface area contributed by atoms with Gasteiger partial charge < -0.3 is 10.4 Å². The van der Waals surface area contributed by atoms with Crippen LogP contribution in [0.5, 0.6) is 0 Å². The van der Waals surface area contributed by atoms with Crippen LogP contribution < -0.4 is 5.32 Å². The SMILES string of the molecule is CC(C(=O)O)C(=O)NCc1ccc(C(C)C)cc1. The number of amides is 1. The number of carboxylic acid groups (broad SMARTS) is 1. The fraction of sp³-hybridized carbons (Fsp3) is 0.429. The number of rotatable bonds is 5. The van der Waals surface area contributed by atoms with Crippen LogP contribution in [0.25, 0.3) is 0 Å². The number of aliphatic carboxylic acids is 1. The summed E-state index contributed by atoms with van der Waals surface area (Å²) in [6.45, 7) is 5.96. The summed E-state index contributed by atoms with van der Waals surface area (Å²) >= 11 is 0. The molecule has 4 nitrogen and oxygen atoms in total. The zero-order valence-electron chi connectivity index (χ0n) is 10.9. The van der Waals surface area contributed by atoms with Gasteiger partial charge in [-0.25, -0.2) is 0 Å². The van der Waals surface area contributed by atoms with E-state index in [-0.39, 0.29) is 0 Å². The Labute approximate surface area is 107 Å². The number of carboxylic acids is 1. The van der Waals surface area contributed by atoms with Gasteiger partial charge in [0.05, 0.1) is 0 Å². The van der Waals surface area contributed by atoms with Crippen molar-refractivity contribution in [2.24, 2.45) is 5.92 Å². The molecule has 0 saturated carbocycles. The Morgan fingerprint density at radius 2 is 1.72 bits per heavy atom. The normalized spacial score (nSPS) is 12.2. The van der Waals surface area contributed by atoms with E-state index in [0.717, 1.165) is 5.56 Å². The summed E-state index contributed by atoms with van der Waals surface area (Å²) in [5.74, 6) is -2.11. The first kappa shape index (κ1) is 14.2. The van der Waals surface area contributed by atoms with Crippen LogP contribution in [-0.2, 0) is 16.1 Å². The van der Waals surface area contributed by atoms with Crippen molar-refractivity contribution in [3.05, 3.63) is 35.4 Å². The number of carbonyl (C=O) groups is 2. The van der Waals surface area contributed by atoms with Crippen LogP contribution in [0.15, 0.2) is 24.3 Å². The van der Waals surface area contributed by atoms with Gasteiger partial charge in [-0.2, -0.15) is 0 Å². The number of carbonyl (C=O) groups excluding carboxylic acids is 1. The first-order valence-corrected chi connectivity index (χ1v) is 6.01. The second kappa shape index (κ2) is 6.19. The molecule has 18 heavy (non-hydrogen) atoms. The summed E-state index contributed by atoms with van der Waals surface area (Å²) in [7, 11) is 0. The molecule has 0 aliphatic carbocycles. The molecule has 1 atom stereocenters. The van der Waals surface area contributed by atoms with Crippen molar-refractivity contribution in [3.63, 3.8) is 0 Å². The van der Waals surface area contributed by atoms with Gasteiger partial charge in [-0.3, -0.25) is 9.59 Å². The third-order valence-corrected chi connectivity index (χ3v) is 2.88. The molecule has 1 amide bonds. The molecular weight excluding hydrogens is 230 g/mol. The van der Waals surface area contributed by atoms with E-state index in [1.54, 1.807) is 0 Å². The van der Waals surface area contributed by atoms with E-state index >= 15 is 0 Å². The van der Waals surface area contributed by atoms with E-state index in [0.29, 0.717) is 12.5 Å². The van der Waals surface area contributed by atoms with Crippen molar-refractivity contribution in [1.82, 2.24) is 5.32 Å². The lowest BCUT2D eigenvalue weighted by Crippen LogP contribution is -2.33. The van der Waals surface area contributed by atoms with Crippen molar-refractivity contribution < 1.29 is 14.7 Å². The molecule has 0 aromatic heterocycles. The maximum absolute atomic E-state index is 11.4. The average molecular weight is 249 g/mol. The zero-order valence-corrected chi connectivity index (χ0v) is 10.9. The fourth-order valence-corrected chi connectivity index (χ4v) is 1.47. The molecule has 0 radical (unpaired) electrons. The maximum Gasteiger partial charge on any atom is 0.315 e. The summed E-state index contributed by atoms with van der Waals surface area (Å²) in [5.41, 5.74) is 2.20. The summed E-state index contributed by atoms with van der Waals surface area (Å²) in [6, 6.07) is 7.93. The topological polar surface area (TPSA) is 66.4 Å². The van der Waals surface area contributed by atoms with E-state index in [4.69, 9.17) is 5.11 Å². The third kappa shape index (κ3) is 3.87. The van der Waals surface area contributed by atoms with Crippen LogP contribution >= 0.6 is 0 Å². The van der Waals surface area contributed by atoms with E-state index in [9.17, 15) is 9.59 Å². The number of benzene rings is 1. The Morgan fingerprint density at radius 3 is 2.17 bits per heavy atom. The Balaban J connectivity index is 2.54. The molecular formula is C14H19NO3. The Kier molecular flexibility index (Phi) is 4.89. The second-order valence-corrected chi connectivity index (χ2v) is 4.67. The van der Waals surface area contributed by atoms with Crippen molar-refractivity contribution >= 4 is 11.9 Å². The molecule has 1 aromatic carbocycles. The monoisotopic (exact) mass is 249 g/mol. The molecule has 98 valence electrons. The van der Waals surface area contributed by atoms with Crippen molar-refractivity contribution in [1.29, 1.82) is 0 Å². The van der Waals surface area contributed by atoms with E-state index in [1.807, 2.05) is 24.3 Å². The third-order valence-electron chi connectivity index (χ3n) is 2.88. The minimum atomic E-state index is -1.11. The lowest BCUT2D eigenvalue weighted by Gasteiger charge is -2.10. The summed E-state index contributed by atoms with van der Waals surface area (Å²) in [5, 5.41) is 11.3. The average Bonchev–Trinajstić information content (AvgIpc) is 2.35. The highest BCUT2D eigenvalue weighted by Gasteiger charge is 2.19. The predicted octanol–water partition coefficient (Wildman–Crippen LogP) is 2.15. The highest BCUT2D eigenvalue weighted by Crippen LogP contribution is 2.14. The van der Waals surface area contributed by atoms with Crippen LogP contribution in [0, 0.1) is 5.92 Å². The Bertz CT molecular complexity index is 423. The van der Waals surface area contributed by atoms with Gasteiger partial charge in [0.25, 0.3) is 0 Å². The lowest BCUT2D eigenvalue weighted by molar-refractivity contribution is -0.146. The van der Waals surface area contributed by atoms with Gasteiger partial charge in [0, 0.05) is 6.54 Å². The zero-order chi connectivity index (χ0) is 13.7. The van der Waals surface area contributed by atoms with Crippen molar-refractivity contribution in [3.8, 4) is 0 Å². The number of hydrogen-bond acceptors (Lipinski definition) is 2. The van der Waals surface area contributed by atoms with Crippen LogP contribution in [0.4, 0.5) is 0 Å². The first-order chi connectivity index (χ1) is 8.41. The van der Waals surface area contributed by atoms with Gasteiger partial charge >= 0.3 is 5.97 Å². The molecule has 1 aromatic rings. The van der Waals surface area contributed by atoms with Gasteiger partial charge in [0.1, 0.15) is 5.92 Å². The minimum absolute atomic E-state index is 0.356. The Hall–Kier alpha value is -1.84. The van der Waals surface area contributed by atoms with Gasteiger partial charge in [-0.05, 0) is 24.0 Å². The van der Waals surface area contributed by atoms with Gasteiger partial charge in [0.2, 0.25) is 5.91 Å². The molecule has 0 aliphatic heterocycles. The van der Waals surface area contributed by atoms with Crippen molar-refractivity contribution in [2.45, 2.75) is 33.2 Å². The van der Waals surface area contributed by atoms with E-state index in [2.05, 4.69) is 19.2 Å². The van der Waals surface area contributed by atoms with Crippen LogP contribution in [0.1, 0.15) is 37.8 Å². The maximum atomic E-state index is 11.4. The smallest absolute Gasteiger partial charge is 0.315 e. The number of hydrogen-bond donors (Lipinski definition) is 2. The molecule has 0 fully saturated rings. The number of nitrogens with one attached hydrogen (secondary N) is 1. The lowest BCUT2D eigenvalue weighted by atomic mass is 10.0. The van der Waals surface area contributed by atoms with Crippen LogP contribution in [0.2, 0.25) is 0 Å². The first-order valence-electron chi connectivity index (χ1n) is 6.01. The molecule has 0 saturated heterocycles. The summed E-state index contributed by atoms with van der Waals surface area (Å²) in [4.78, 5) is 22.1. The highest BCUT2D eigenvalue weighted by molar-refractivity contribution is 5.96. The molecule has 0 spiro atoms. The molecule has 4 heteroatoms. The fourth-order valence-electron chi connectivity index (χ4n) is 1.47. The van der Waals surface area contributed by atoms with Crippen molar-refractivity contribution in [2.75, 3.05) is 0 Å². The van der Waals surface area contributed by atoms with E-state index in [1.165, 1.54) is 12.5 Å². The predicted molar refractivity (Wildman–Crippen MR) is 69.2 cm³/mol. The standard InChI is InChI=1S/C14H19NO3/c1-9(2)12-6-4-11(5-7-12)8-15-13(16)10(3)14(17)18/h4-7,9-10H,8H2,1-3H3,(H,15,16)(H,17,18). The summed E-state index contributed by atoms with van der Waals surface area (Å²) in [6.07, 6.45) is 0. The quantitative estimate of drug-likeness (QED) is 0.786. The molecule has 1 unspecified atom stereocenters. The highest BCUT2D eigenvalue weighted by atomic mass is 16.4. The largest absolute Gasteiger partial charge is 0.481 e. The summed E-state index contributed by atoms with van der Waals surface area (Å²) < 4.78 is 0. The Morgan fingerprint density at radius 1 is 1.17 bits per heavy atom.